The molecule has 0 atom stereocenters. The molecular weight excluding hydrogens is 238 g/mol. The second-order valence-electron chi connectivity index (χ2n) is 2.82. The predicted molar refractivity (Wildman–Crippen MR) is 63.9 cm³/mol. The molecule has 0 aliphatic carbocycles. The van der Waals surface area contributed by atoms with Gasteiger partial charge in [0.2, 0.25) is 0 Å². The van der Waals surface area contributed by atoms with E-state index in [1.54, 1.807) is 12.1 Å². The number of hydrogen-bond acceptors (Lipinski definition) is 4. The predicted octanol–water partition coefficient (Wildman–Crippen LogP) is 1.52. The Hall–Kier alpha value is -0.195. The number of halogens is 1. The largest absolute Gasteiger partial charge is 0.489 e. The second-order valence-corrected chi connectivity index (χ2v) is 4.89. The van der Waals surface area contributed by atoms with E-state index >= 15 is 0 Å². The Balaban J connectivity index is 2.81. The van der Waals surface area contributed by atoms with E-state index in [1.807, 2.05) is 6.07 Å². The molecule has 0 fully saturated rings. The smallest absolute Gasteiger partial charge is 0.423 e. The van der Waals surface area contributed by atoms with Gasteiger partial charge in [0.25, 0.3) is 0 Å². The molecule has 0 saturated carbocycles. The molecule has 0 saturated heterocycles. The fraction of sp³-hybridized carbons (Fsp3) is 0. The Morgan fingerprint density at radius 3 is 2.71 bits per heavy atom. The van der Waals surface area contributed by atoms with Crippen LogP contribution in [0.2, 0.25) is 4.34 Å². The van der Waals surface area contributed by atoms with Crippen LogP contribution in [0.4, 0.5) is 0 Å². The minimum atomic E-state index is -1.47. The third-order valence-electron chi connectivity index (χ3n) is 1.96. The van der Waals surface area contributed by atoms with Gasteiger partial charge in [0.1, 0.15) is 4.34 Å². The number of thiol groups is 1. The summed E-state index contributed by atoms with van der Waals surface area (Å²) < 4.78 is 1.34. The van der Waals surface area contributed by atoms with Crippen molar-refractivity contribution in [1.82, 2.24) is 0 Å². The standard InChI is InChI=1S/C8H6BClO2S2/c10-8-6(13)4-2-1-3-5(9(11)12)7(4)14-8/h1-3,11-13H. The highest BCUT2D eigenvalue weighted by Gasteiger charge is 2.18. The van der Waals surface area contributed by atoms with Gasteiger partial charge >= 0.3 is 7.12 Å². The minimum Gasteiger partial charge on any atom is -0.423 e. The van der Waals surface area contributed by atoms with Gasteiger partial charge in [-0.2, -0.15) is 0 Å². The van der Waals surface area contributed by atoms with Crippen LogP contribution in [0.25, 0.3) is 10.1 Å². The fourth-order valence-corrected chi connectivity index (χ4v) is 2.99. The van der Waals surface area contributed by atoms with Crippen LogP contribution >= 0.6 is 35.6 Å². The Labute approximate surface area is 95.7 Å². The maximum Gasteiger partial charge on any atom is 0.489 e. The van der Waals surface area contributed by atoms with Crippen molar-refractivity contribution in [2.45, 2.75) is 4.90 Å². The van der Waals surface area contributed by atoms with Crippen LogP contribution in [0.1, 0.15) is 0 Å². The molecule has 0 aliphatic rings. The van der Waals surface area contributed by atoms with Gasteiger partial charge < -0.3 is 10.0 Å². The van der Waals surface area contributed by atoms with E-state index in [4.69, 9.17) is 21.6 Å². The zero-order valence-corrected chi connectivity index (χ0v) is 9.40. The highest BCUT2D eigenvalue weighted by atomic mass is 35.5. The SMILES string of the molecule is OB(O)c1cccc2c(S)c(Cl)sc12. The lowest BCUT2D eigenvalue weighted by Crippen LogP contribution is -2.29. The number of benzene rings is 1. The van der Waals surface area contributed by atoms with Crippen molar-refractivity contribution < 1.29 is 10.0 Å². The Kier molecular flexibility index (Phi) is 2.77. The molecule has 14 heavy (non-hydrogen) atoms. The molecule has 0 radical (unpaired) electrons. The van der Waals surface area contributed by atoms with Gasteiger partial charge in [-0.05, 0) is 5.46 Å². The third kappa shape index (κ3) is 1.55. The first-order chi connectivity index (χ1) is 6.61. The summed E-state index contributed by atoms with van der Waals surface area (Å²) in [7, 11) is -1.47. The second kappa shape index (κ2) is 3.75. The number of thiophene rings is 1. The Bertz CT molecular complexity index is 483. The summed E-state index contributed by atoms with van der Waals surface area (Å²) in [5, 5.41) is 19.1. The summed E-state index contributed by atoms with van der Waals surface area (Å²) in [4.78, 5) is 0.689. The molecule has 1 heterocycles. The van der Waals surface area contributed by atoms with E-state index in [0.717, 1.165) is 10.1 Å². The molecule has 0 spiro atoms. The lowest BCUT2D eigenvalue weighted by atomic mass is 9.80. The summed E-state index contributed by atoms with van der Waals surface area (Å²) in [5.74, 6) is 0. The highest BCUT2D eigenvalue weighted by Crippen LogP contribution is 2.36. The summed E-state index contributed by atoms with van der Waals surface area (Å²) >= 11 is 11.5. The monoisotopic (exact) mass is 244 g/mol. The lowest BCUT2D eigenvalue weighted by Gasteiger charge is -1.99. The maximum atomic E-state index is 9.12. The van der Waals surface area contributed by atoms with E-state index < -0.39 is 7.12 Å². The average Bonchev–Trinajstić information content (AvgIpc) is 2.43. The van der Waals surface area contributed by atoms with Gasteiger partial charge in [-0.1, -0.05) is 29.8 Å². The normalized spacial score (nSPS) is 10.9. The Morgan fingerprint density at radius 2 is 2.07 bits per heavy atom. The Morgan fingerprint density at radius 1 is 1.36 bits per heavy atom. The van der Waals surface area contributed by atoms with Gasteiger partial charge in [-0.3, -0.25) is 0 Å². The number of rotatable bonds is 1. The first-order valence-electron chi connectivity index (χ1n) is 3.87. The van der Waals surface area contributed by atoms with Crippen LogP contribution in [0.3, 0.4) is 0 Å². The van der Waals surface area contributed by atoms with Gasteiger partial charge in [0.05, 0.1) is 0 Å². The van der Waals surface area contributed by atoms with Crippen LogP contribution in [0.15, 0.2) is 23.1 Å². The molecule has 2 aromatic rings. The van der Waals surface area contributed by atoms with E-state index in [2.05, 4.69) is 12.6 Å². The van der Waals surface area contributed by atoms with E-state index in [0.29, 0.717) is 14.7 Å². The van der Waals surface area contributed by atoms with Crippen LogP contribution in [0.5, 0.6) is 0 Å². The van der Waals surface area contributed by atoms with Gasteiger partial charge in [-0.25, -0.2) is 0 Å². The van der Waals surface area contributed by atoms with E-state index in [9.17, 15) is 0 Å². The molecular formula is C8H6BClO2S2. The molecule has 2 nitrogen and oxygen atoms in total. The van der Waals surface area contributed by atoms with E-state index in [1.165, 1.54) is 11.3 Å². The summed E-state index contributed by atoms with van der Waals surface area (Å²) in [5.41, 5.74) is 0.467. The first kappa shape index (κ1) is 10.3. The van der Waals surface area contributed by atoms with E-state index in [-0.39, 0.29) is 0 Å². The quantitative estimate of drug-likeness (QED) is 0.526. The average molecular weight is 245 g/mol. The zero-order chi connectivity index (χ0) is 10.3. The van der Waals surface area contributed by atoms with Gasteiger partial charge in [0.15, 0.2) is 0 Å². The van der Waals surface area contributed by atoms with Crippen LogP contribution < -0.4 is 5.46 Å². The molecule has 0 unspecified atom stereocenters. The lowest BCUT2D eigenvalue weighted by molar-refractivity contribution is 0.426. The topological polar surface area (TPSA) is 40.5 Å². The highest BCUT2D eigenvalue weighted by molar-refractivity contribution is 7.81. The summed E-state index contributed by atoms with van der Waals surface area (Å²) in [6.45, 7) is 0. The minimum absolute atomic E-state index is 0.467. The summed E-state index contributed by atoms with van der Waals surface area (Å²) in [6.07, 6.45) is 0. The first-order valence-corrected chi connectivity index (χ1v) is 5.51. The number of fused-ring (bicyclic) bond motifs is 1. The number of hydrogen-bond donors (Lipinski definition) is 3. The van der Waals surface area contributed by atoms with Gasteiger partial charge in [-0.15, -0.1) is 24.0 Å². The molecule has 1 aromatic carbocycles. The van der Waals surface area contributed by atoms with Crippen molar-refractivity contribution in [3.8, 4) is 0 Å². The fourth-order valence-electron chi connectivity index (χ4n) is 1.30. The van der Waals surface area contributed by atoms with Crippen LogP contribution in [-0.2, 0) is 0 Å². The van der Waals surface area contributed by atoms with Gasteiger partial charge in [0, 0.05) is 15.0 Å². The zero-order valence-electron chi connectivity index (χ0n) is 6.94. The maximum absolute atomic E-state index is 9.12. The molecule has 0 bridgehead atoms. The molecule has 0 amide bonds. The molecule has 2 N–H and O–H groups in total. The van der Waals surface area contributed by atoms with Crippen molar-refractivity contribution in [2.75, 3.05) is 0 Å². The van der Waals surface area contributed by atoms with Crippen molar-refractivity contribution in [3.63, 3.8) is 0 Å². The molecule has 0 aliphatic heterocycles. The molecule has 72 valence electrons. The van der Waals surface area contributed by atoms with Crippen molar-refractivity contribution in [2.24, 2.45) is 0 Å². The van der Waals surface area contributed by atoms with Crippen molar-refractivity contribution in [3.05, 3.63) is 22.5 Å². The van der Waals surface area contributed by atoms with Crippen LogP contribution in [0, 0.1) is 0 Å². The molecule has 2 rings (SSSR count). The van der Waals surface area contributed by atoms with Crippen LogP contribution in [-0.4, -0.2) is 17.2 Å². The van der Waals surface area contributed by atoms with Crippen molar-refractivity contribution in [1.29, 1.82) is 0 Å². The van der Waals surface area contributed by atoms with Crippen molar-refractivity contribution >= 4 is 58.2 Å². The third-order valence-corrected chi connectivity index (χ3v) is 4.17. The summed E-state index contributed by atoms with van der Waals surface area (Å²) in [6, 6.07) is 5.26. The molecule has 6 heteroatoms. The molecule has 1 aromatic heterocycles.